The molecule has 0 saturated carbocycles. The van der Waals surface area contributed by atoms with Crippen LogP contribution in [0.5, 0.6) is 0 Å². The average Bonchev–Trinajstić information content (AvgIpc) is 2.57. The van der Waals surface area contributed by atoms with Gasteiger partial charge < -0.3 is 5.11 Å². The van der Waals surface area contributed by atoms with Crippen LogP contribution in [0.1, 0.15) is 26.3 Å². The zero-order valence-corrected chi connectivity index (χ0v) is 12.3. The Labute approximate surface area is 132 Å². The van der Waals surface area contributed by atoms with Gasteiger partial charge in [-0.2, -0.15) is 0 Å². The number of fused-ring (bicyclic) bond motifs is 1. The minimum absolute atomic E-state index is 0.255. The van der Waals surface area contributed by atoms with Crippen molar-refractivity contribution in [2.75, 3.05) is 0 Å². The lowest BCUT2D eigenvalue weighted by atomic mass is 9.87. The third-order valence-electron chi connectivity index (χ3n) is 3.43. The topological polar surface area (TPSA) is 54.4 Å². The molecule has 0 fully saturated rings. The second-order valence-electron chi connectivity index (χ2n) is 4.85. The molecular weight excluding hydrogens is 296 g/mol. The van der Waals surface area contributed by atoms with Crippen molar-refractivity contribution in [3.05, 3.63) is 71.3 Å². The van der Waals surface area contributed by atoms with Crippen molar-refractivity contribution in [3.63, 3.8) is 0 Å². The zero-order valence-electron chi connectivity index (χ0n) is 11.5. The summed E-state index contributed by atoms with van der Waals surface area (Å²) in [5.41, 5.74) is 1.46. The van der Waals surface area contributed by atoms with Gasteiger partial charge in [0.1, 0.15) is 11.4 Å². The van der Waals surface area contributed by atoms with Gasteiger partial charge >= 0.3 is 0 Å². The van der Waals surface area contributed by atoms with Gasteiger partial charge in [0, 0.05) is 16.7 Å². The van der Waals surface area contributed by atoms with E-state index in [2.05, 4.69) is 11.2 Å². The van der Waals surface area contributed by atoms with Gasteiger partial charge in [-0.3, -0.25) is 9.59 Å². The van der Waals surface area contributed by atoms with Crippen molar-refractivity contribution in [2.24, 2.45) is 0 Å². The Hall–Kier alpha value is -2.35. The van der Waals surface area contributed by atoms with Gasteiger partial charge in [0.2, 0.25) is 0 Å². The first-order valence-electron chi connectivity index (χ1n) is 6.75. The molecule has 0 amide bonds. The Balaban J connectivity index is 1.85. The van der Waals surface area contributed by atoms with Crippen LogP contribution in [0.2, 0.25) is 0 Å². The van der Waals surface area contributed by atoms with Gasteiger partial charge in [0.15, 0.2) is 11.6 Å². The highest BCUT2D eigenvalue weighted by molar-refractivity contribution is 8.05. The summed E-state index contributed by atoms with van der Waals surface area (Å²) in [6.07, 6.45) is -1.35. The Morgan fingerprint density at radius 2 is 1.45 bits per heavy atom. The molecule has 0 saturated heterocycles. The largest absolute Gasteiger partial charge is 0.383 e. The summed E-state index contributed by atoms with van der Waals surface area (Å²) in [4.78, 5) is 24.6. The SMILES string of the molecule is O=C1c2ccccc2C(=O)C(SC#Cc2ccccc2)C1O. The molecule has 108 valence electrons. The highest BCUT2D eigenvalue weighted by Gasteiger charge is 2.40. The lowest BCUT2D eigenvalue weighted by Gasteiger charge is -2.24. The second kappa shape index (κ2) is 6.18. The molecule has 22 heavy (non-hydrogen) atoms. The van der Waals surface area contributed by atoms with Crippen molar-refractivity contribution >= 4 is 23.3 Å². The Bertz CT molecular complexity index is 787. The molecule has 0 bridgehead atoms. The smallest absolute Gasteiger partial charge is 0.193 e. The fourth-order valence-electron chi connectivity index (χ4n) is 2.30. The monoisotopic (exact) mass is 308 g/mol. The maximum Gasteiger partial charge on any atom is 0.193 e. The molecule has 1 aliphatic carbocycles. The summed E-state index contributed by atoms with van der Waals surface area (Å²) in [6, 6.07) is 15.9. The fourth-order valence-corrected chi connectivity index (χ4v) is 3.09. The summed E-state index contributed by atoms with van der Waals surface area (Å²) in [5.74, 6) is 2.23. The summed E-state index contributed by atoms with van der Waals surface area (Å²) in [6.45, 7) is 0. The number of thioether (sulfide) groups is 1. The van der Waals surface area contributed by atoms with Crippen molar-refractivity contribution in [1.82, 2.24) is 0 Å². The van der Waals surface area contributed by atoms with Crippen LogP contribution >= 0.6 is 11.8 Å². The molecule has 2 unspecified atom stereocenters. The summed E-state index contributed by atoms with van der Waals surface area (Å²) >= 11 is 0.994. The van der Waals surface area contributed by atoms with E-state index >= 15 is 0 Å². The number of hydrogen-bond acceptors (Lipinski definition) is 4. The quantitative estimate of drug-likeness (QED) is 0.823. The van der Waals surface area contributed by atoms with E-state index in [1.165, 1.54) is 0 Å². The zero-order chi connectivity index (χ0) is 15.5. The van der Waals surface area contributed by atoms with Crippen LogP contribution in [-0.4, -0.2) is 28.0 Å². The third-order valence-corrected chi connectivity index (χ3v) is 4.37. The Morgan fingerprint density at radius 1 is 0.864 bits per heavy atom. The molecule has 0 heterocycles. The molecule has 0 radical (unpaired) electrons. The van der Waals surface area contributed by atoms with E-state index in [0.29, 0.717) is 5.56 Å². The summed E-state index contributed by atoms with van der Waals surface area (Å²) in [5, 5.41) is 12.0. The fraction of sp³-hybridized carbons (Fsp3) is 0.111. The Kier molecular flexibility index (Phi) is 4.10. The number of aliphatic hydroxyl groups is 1. The Morgan fingerprint density at radius 3 is 2.14 bits per heavy atom. The molecule has 0 aliphatic heterocycles. The molecule has 2 atom stereocenters. The number of Topliss-reactive ketones (excluding diaryl/α,β-unsaturated/α-hetero) is 2. The lowest BCUT2D eigenvalue weighted by molar-refractivity contribution is 0.0668. The van der Waals surface area contributed by atoms with E-state index in [-0.39, 0.29) is 11.3 Å². The van der Waals surface area contributed by atoms with E-state index in [4.69, 9.17) is 0 Å². The number of hydrogen-bond donors (Lipinski definition) is 1. The van der Waals surface area contributed by atoms with Crippen molar-refractivity contribution in [1.29, 1.82) is 0 Å². The number of aliphatic hydroxyl groups excluding tert-OH is 1. The van der Waals surface area contributed by atoms with Crippen LogP contribution in [-0.2, 0) is 0 Å². The standard InChI is InChI=1S/C18H12O3S/c19-15-13-8-4-5-9-14(13)16(20)18(17(15)21)22-11-10-12-6-2-1-3-7-12/h1-9,17-18,21H. The first kappa shape index (κ1) is 14.6. The molecule has 0 aromatic heterocycles. The van der Waals surface area contributed by atoms with Gasteiger partial charge in [0.05, 0.1) is 0 Å². The molecule has 0 spiro atoms. The molecule has 3 nitrogen and oxygen atoms in total. The third kappa shape index (κ3) is 2.69. The average molecular weight is 308 g/mol. The van der Waals surface area contributed by atoms with Crippen LogP contribution in [0.3, 0.4) is 0 Å². The maximum absolute atomic E-state index is 12.4. The molecule has 3 rings (SSSR count). The molecule has 1 N–H and O–H groups in total. The summed E-state index contributed by atoms with van der Waals surface area (Å²) in [7, 11) is 0. The van der Waals surface area contributed by atoms with Gasteiger partial charge in [-0.1, -0.05) is 60.1 Å². The van der Waals surface area contributed by atoms with Gasteiger partial charge in [-0.25, -0.2) is 0 Å². The molecule has 4 heteroatoms. The van der Waals surface area contributed by atoms with Crippen LogP contribution in [0.25, 0.3) is 0 Å². The predicted octanol–water partition coefficient (Wildman–Crippen LogP) is 2.54. The van der Waals surface area contributed by atoms with E-state index in [9.17, 15) is 14.7 Å². The van der Waals surface area contributed by atoms with E-state index in [1.807, 2.05) is 30.3 Å². The van der Waals surface area contributed by atoms with Gasteiger partial charge in [-0.15, -0.1) is 0 Å². The van der Waals surface area contributed by atoms with Gasteiger partial charge in [0.25, 0.3) is 0 Å². The van der Waals surface area contributed by atoms with Crippen molar-refractivity contribution in [2.45, 2.75) is 11.4 Å². The van der Waals surface area contributed by atoms with Crippen molar-refractivity contribution in [3.8, 4) is 11.2 Å². The second-order valence-corrected chi connectivity index (χ2v) is 5.80. The van der Waals surface area contributed by atoms with E-state index in [1.54, 1.807) is 24.3 Å². The maximum atomic E-state index is 12.4. The highest BCUT2D eigenvalue weighted by atomic mass is 32.2. The molecule has 2 aromatic rings. The normalized spacial score (nSPS) is 20.0. The van der Waals surface area contributed by atoms with Crippen LogP contribution in [0.4, 0.5) is 0 Å². The minimum atomic E-state index is -1.35. The molecule has 2 aromatic carbocycles. The first-order valence-corrected chi connectivity index (χ1v) is 7.63. The van der Waals surface area contributed by atoms with Crippen LogP contribution < -0.4 is 0 Å². The molecular formula is C18H12O3S. The minimum Gasteiger partial charge on any atom is -0.383 e. The number of carbonyl (C=O) groups is 2. The number of benzene rings is 2. The van der Waals surface area contributed by atoms with E-state index in [0.717, 1.165) is 17.3 Å². The summed E-state index contributed by atoms with van der Waals surface area (Å²) < 4.78 is 0. The number of carbonyl (C=O) groups excluding carboxylic acids is 2. The molecule has 1 aliphatic rings. The number of ketones is 2. The van der Waals surface area contributed by atoms with Gasteiger partial charge in [-0.05, 0) is 17.4 Å². The lowest BCUT2D eigenvalue weighted by Crippen LogP contribution is -2.42. The predicted molar refractivity (Wildman–Crippen MR) is 85.8 cm³/mol. The first-order chi connectivity index (χ1) is 10.7. The number of rotatable bonds is 1. The highest BCUT2D eigenvalue weighted by Crippen LogP contribution is 2.29. The van der Waals surface area contributed by atoms with E-state index < -0.39 is 17.1 Å². The van der Waals surface area contributed by atoms with Crippen LogP contribution in [0.15, 0.2) is 54.6 Å². The van der Waals surface area contributed by atoms with Crippen LogP contribution in [0, 0.1) is 11.2 Å². The van der Waals surface area contributed by atoms with Crippen molar-refractivity contribution < 1.29 is 14.7 Å².